The first-order valence-electron chi connectivity index (χ1n) is 6.45. The van der Waals surface area contributed by atoms with Gasteiger partial charge in [0.15, 0.2) is 0 Å². The molecule has 0 bridgehead atoms. The number of ether oxygens (including phenoxy) is 1. The Balaban J connectivity index is 1.93. The zero-order chi connectivity index (χ0) is 13.3. The predicted octanol–water partition coefficient (Wildman–Crippen LogP) is 4.56. The lowest BCUT2D eigenvalue weighted by Gasteiger charge is -2.04. The molecule has 0 aliphatic rings. The molecule has 0 N–H and O–H groups in total. The third-order valence-corrected chi connectivity index (χ3v) is 3.04. The highest BCUT2D eigenvalue weighted by atomic mass is 32.1. The van der Waals surface area contributed by atoms with Crippen molar-refractivity contribution in [2.24, 2.45) is 0 Å². The summed E-state index contributed by atoms with van der Waals surface area (Å²) >= 11 is 4.16. The molecule has 0 heterocycles. The van der Waals surface area contributed by atoms with E-state index in [0.29, 0.717) is 0 Å². The molecular formula is C17H18OS. The molecule has 98 valence electrons. The Labute approximate surface area is 120 Å². The van der Waals surface area contributed by atoms with Crippen molar-refractivity contribution in [3.63, 3.8) is 0 Å². The van der Waals surface area contributed by atoms with Gasteiger partial charge in [-0.15, -0.1) is 0 Å². The van der Waals surface area contributed by atoms with Crippen molar-refractivity contribution in [3.05, 3.63) is 65.7 Å². The number of benzene rings is 2. The Morgan fingerprint density at radius 3 is 2.11 bits per heavy atom. The van der Waals surface area contributed by atoms with Gasteiger partial charge < -0.3 is 4.74 Å². The van der Waals surface area contributed by atoms with Gasteiger partial charge in [0.05, 0.1) is 6.61 Å². The maximum atomic E-state index is 5.59. The maximum absolute atomic E-state index is 5.59. The van der Waals surface area contributed by atoms with Crippen molar-refractivity contribution >= 4 is 24.8 Å². The highest BCUT2D eigenvalue weighted by molar-refractivity contribution is 7.80. The molecule has 0 aromatic heterocycles. The van der Waals surface area contributed by atoms with Gasteiger partial charge in [-0.1, -0.05) is 54.6 Å². The van der Waals surface area contributed by atoms with E-state index in [1.54, 1.807) is 0 Å². The first-order valence-corrected chi connectivity index (χ1v) is 7.08. The SMILES string of the molecule is SCCCOc1ccc(/C=C/c2ccccc2)cc1. The van der Waals surface area contributed by atoms with E-state index in [2.05, 4.69) is 49.0 Å². The van der Waals surface area contributed by atoms with Crippen molar-refractivity contribution in [2.75, 3.05) is 12.4 Å². The van der Waals surface area contributed by atoms with Crippen molar-refractivity contribution < 1.29 is 4.74 Å². The van der Waals surface area contributed by atoms with Crippen molar-refractivity contribution in [2.45, 2.75) is 6.42 Å². The van der Waals surface area contributed by atoms with Crippen LogP contribution in [0.2, 0.25) is 0 Å². The molecule has 2 heteroatoms. The molecule has 0 spiro atoms. The molecule has 0 fully saturated rings. The van der Waals surface area contributed by atoms with Crippen LogP contribution in [0.25, 0.3) is 12.2 Å². The lowest BCUT2D eigenvalue weighted by atomic mass is 10.1. The minimum atomic E-state index is 0.725. The van der Waals surface area contributed by atoms with Crippen LogP contribution >= 0.6 is 12.6 Å². The van der Waals surface area contributed by atoms with Crippen LogP contribution in [0.15, 0.2) is 54.6 Å². The Morgan fingerprint density at radius 2 is 1.47 bits per heavy atom. The second-order valence-electron chi connectivity index (χ2n) is 4.24. The third kappa shape index (κ3) is 4.84. The molecule has 0 amide bonds. The van der Waals surface area contributed by atoms with Gasteiger partial charge in [0.1, 0.15) is 5.75 Å². The molecular weight excluding hydrogens is 252 g/mol. The smallest absolute Gasteiger partial charge is 0.119 e. The van der Waals surface area contributed by atoms with Gasteiger partial charge in [0.25, 0.3) is 0 Å². The van der Waals surface area contributed by atoms with E-state index in [-0.39, 0.29) is 0 Å². The summed E-state index contributed by atoms with van der Waals surface area (Å²) < 4.78 is 5.59. The average molecular weight is 270 g/mol. The molecule has 0 saturated heterocycles. The van der Waals surface area contributed by atoms with E-state index in [1.807, 2.05) is 30.3 Å². The van der Waals surface area contributed by atoms with E-state index in [9.17, 15) is 0 Å². The first-order chi connectivity index (χ1) is 9.38. The summed E-state index contributed by atoms with van der Waals surface area (Å²) in [4.78, 5) is 0. The monoisotopic (exact) mass is 270 g/mol. The summed E-state index contributed by atoms with van der Waals surface area (Å²) in [6.45, 7) is 0.725. The molecule has 2 rings (SSSR count). The van der Waals surface area contributed by atoms with Gasteiger partial charge in [-0.25, -0.2) is 0 Å². The minimum absolute atomic E-state index is 0.725. The van der Waals surface area contributed by atoms with E-state index in [0.717, 1.165) is 24.5 Å². The van der Waals surface area contributed by atoms with Crippen molar-refractivity contribution in [3.8, 4) is 5.75 Å². The van der Waals surface area contributed by atoms with Gasteiger partial charge in [-0.2, -0.15) is 12.6 Å². The van der Waals surface area contributed by atoms with Crippen LogP contribution in [0.1, 0.15) is 17.5 Å². The Bertz CT molecular complexity index is 503. The van der Waals surface area contributed by atoms with Crippen LogP contribution in [0, 0.1) is 0 Å². The molecule has 0 atom stereocenters. The summed E-state index contributed by atoms with van der Waals surface area (Å²) in [6.07, 6.45) is 5.18. The minimum Gasteiger partial charge on any atom is -0.494 e. The number of rotatable bonds is 6. The molecule has 2 aromatic rings. The lowest BCUT2D eigenvalue weighted by molar-refractivity contribution is 0.319. The summed E-state index contributed by atoms with van der Waals surface area (Å²) in [5, 5.41) is 0. The quantitative estimate of drug-likeness (QED) is 0.460. The zero-order valence-corrected chi connectivity index (χ0v) is 11.7. The molecule has 1 nitrogen and oxygen atoms in total. The van der Waals surface area contributed by atoms with Gasteiger partial charge in [0, 0.05) is 0 Å². The molecule has 0 aliphatic carbocycles. The Morgan fingerprint density at radius 1 is 0.842 bits per heavy atom. The van der Waals surface area contributed by atoms with Crippen LogP contribution in [-0.4, -0.2) is 12.4 Å². The molecule has 19 heavy (non-hydrogen) atoms. The van der Waals surface area contributed by atoms with E-state index < -0.39 is 0 Å². The molecule has 0 unspecified atom stereocenters. The standard InChI is InChI=1S/C17H18OS/c19-14-4-13-18-17-11-9-16(10-12-17)8-7-15-5-2-1-3-6-15/h1-3,5-12,19H,4,13-14H2/b8-7+. The fourth-order valence-electron chi connectivity index (χ4n) is 1.69. The second kappa shape index (κ2) is 7.70. The second-order valence-corrected chi connectivity index (χ2v) is 4.69. The average Bonchev–Trinajstić information content (AvgIpc) is 2.48. The Hall–Kier alpha value is -1.67. The highest BCUT2D eigenvalue weighted by Gasteiger charge is 1.93. The Kier molecular flexibility index (Phi) is 5.57. The number of thiol groups is 1. The summed E-state index contributed by atoms with van der Waals surface area (Å²) in [5.74, 6) is 1.77. The largest absolute Gasteiger partial charge is 0.494 e. The normalized spacial score (nSPS) is 10.8. The van der Waals surface area contributed by atoms with Gasteiger partial charge in [-0.05, 0) is 35.4 Å². The van der Waals surface area contributed by atoms with Crippen LogP contribution in [-0.2, 0) is 0 Å². The van der Waals surface area contributed by atoms with E-state index >= 15 is 0 Å². The van der Waals surface area contributed by atoms with Gasteiger partial charge >= 0.3 is 0 Å². The van der Waals surface area contributed by atoms with Crippen LogP contribution in [0.4, 0.5) is 0 Å². The van der Waals surface area contributed by atoms with E-state index in [4.69, 9.17) is 4.74 Å². The number of hydrogen-bond acceptors (Lipinski definition) is 2. The van der Waals surface area contributed by atoms with Crippen molar-refractivity contribution in [1.82, 2.24) is 0 Å². The first kappa shape index (κ1) is 13.8. The number of hydrogen-bond donors (Lipinski definition) is 1. The summed E-state index contributed by atoms with van der Waals surface area (Å²) in [7, 11) is 0. The summed E-state index contributed by atoms with van der Waals surface area (Å²) in [6, 6.07) is 18.4. The van der Waals surface area contributed by atoms with Crippen LogP contribution in [0.5, 0.6) is 5.75 Å². The van der Waals surface area contributed by atoms with Crippen molar-refractivity contribution in [1.29, 1.82) is 0 Å². The molecule has 0 aliphatic heterocycles. The molecule has 2 aromatic carbocycles. The fourth-order valence-corrected chi connectivity index (χ4v) is 1.82. The van der Waals surface area contributed by atoms with Crippen LogP contribution < -0.4 is 4.74 Å². The maximum Gasteiger partial charge on any atom is 0.119 e. The fraction of sp³-hybridized carbons (Fsp3) is 0.176. The van der Waals surface area contributed by atoms with E-state index in [1.165, 1.54) is 11.1 Å². The molecule has 0 saturated carbocycles. The topological polar surface area (TPSA) is 9.23 Å². The van der Waals surface area contributed by atoms with Crippen LogP contribution in [0.3, 0.4) is 0 Å². The highest BCUT2D eigenvalue weighted by Crippen LogP contribution is 2.14. The summed E-state index contributed by atoms with van der Waals surface area (Å²) in [5.41, 5.74) is 2.38. The zero-order valence-electron chi connectivity index (χ0n) is 10.8. The van der Waals surface area contributed by atoms with Gasteiger partial charge in [-0.3, -0.25) is 0 Å². The predicted molar refractivity (Wildman–Crippen MR) is 85.8 cm³/mol. The lowest BCUT2D eigenvalue weighted by Crippen LogP contribution is -1.97. The third-order valence-electron chi connectivity index (χ3n) is 2.72. The van der Waals surface area contributed by atoms with Gasteiger partial charge in [0.2, 0.25) is 0 Å². The molecule has 0 radical (unpaired) electrons.